The van der Waals surface area contributed by atoms with Gasteiger partial charge in [-0.25, -0.2) is 4.39 Å². The third kappa shape index (κ3) is 4.45. The van der Waals surface area contributed by atoms with E-state index < -0.39 is 0 Å². The van der Waals surface area contributed by atoms with Crippen LogP contribution in [0.3, 0.4) is 0 Å². The van der Waals surface area contributed by atoms with E-state index in [4.69, 9.17) is 5.73 Å². The minimum atomic E-state index is -0.194. The van der Waals surface area contributed by atoms with Crippen LogP contribution in [0.15, 0.2) is 18.2 Å². The summed E-state index contributed by atoms with van der Waals surface area (Å²) >= 11 is 0. The van der Waals surface area contributed by atoms with Gasteiger partial charge in [0.15, 0.2) is 0 Å². The van der Waals surface area contributed by atoms with Gasteiger partial charge in [0.25, 0.3) is 0 Å². The minimum Gasteiger partial charge on any atom is -0.345 e. The SMILES string of the molecule is Cc1cc(CCN(C)C(=O)CC(C)N)ccc1F. The van der Waals surface area contributed by atoms with Crippen LogP contribution < -0.4 is 5.73 Å². The van der Waals surface area contributed by atoms with Crippen molar-refractivity contribution < 1.29 is 9.18 Å². The predicted octanol–water partition coefficient (Wildman–Crippen LogP) is 1.87. The molecule has 18 heavy (non-hydrogen) atoms. The molecule has 2 N–H and O–H groups in total. The van der Waals surface area contributed by atoms with Crippen LogP contribution in [-0.2, 0) is 11.2 Å². The number of aryl methyl sites for hydroxylation is 1. The Morgan fingerprint density at radius 3 is 2.72 bits per heavy atom. The third-order valence-electron chi connectivity index (χ3n) is 2.88. The molecule has 1 atom stereocenters. The van der Waals surface area contributed by atoms with Crippen molar-refractivity contribution in [3.8, 4) is 0 Å². The van der Waals surface area contributed by atoms with Crippen molar-refractivity contribution in [3.63, 3.8) is 0 Å². The smallest absolute Gasteiger partial charge is 0.223 e. The second-order valence-corrected chi connectivity index (χ2v) is 4.83. The lowest BCUT2D eigenvalue weighted by Gasteiger charge is -2.18. The zero-order chi connectivity index (χ0) is 13.7. The average Bonchev–Trinajstić information content (AvgIpc) is 2.29. The number of benzene rings is 1. The highest BCUT2D eigenvalue weighted by atomic mass is 19.1. The van der Waals surface area contributed by atoms with Crippen LogP contribution in [0.1, 0.15) is 24.5 Å². The van der Waals surface area contributed by atoms with Gasteiger partial charge in [-0.3, -0.25) is 4.79 Å². The Kier molecular flexibility index (Phi) is 5.28. The molecule has 4 heteroatoms. The lowest BCUT2D eigenvalue weighted by atomic mass is 10.1. The van der Waals surface area contributed by atoms with Gasteiger partial charge in [-0.2, -0.15) is 0 Å². The largest absolute Gasteiger partial charge is 0.345 e. The third-order valence-corrected chi connectivity index (χ3v) is 2.88. The van der Waals surface area contributed by atoms with Crippen LogP contribution in [0.25, 0.3) is 0 Å². The van der Waals surface area contributed by atoms with E-state index in [0.717, 1.165) is 12.0 Å². The van der Waals surface area contributed by atoms with Crippen LogP contribution in [0.2, 0.25) is 0 Å². The van der Waals surface area contributed by atoms with Gasteiger partial charge in [0, 0.05) is 26.1 Å². The lowest BCUT2D eigenvalue weighted by molar-refractivity contribution is -0.130. The fraction of sp³-hybridized carbons (Fsp3) is 0.500. The van der Waals surface area contributed by atoms with Crippen LogP contribution >= 0.6 is 0 Å². The summed E-state index contributed by atoms with van der Waals surface area (Å²) < 4.78 is 13.1. The molecule has 0 heterocycles. The van der Waals surface area contributed by atoms with Crippen molar-refractivity contribution in [2.45, 2.75) is 32.7 Å². The van der Waals surface area contributed by atoms with Gasteiger partial charge >= 0.3 is 0 Å². The maximum atomic E-state index is 13.1. The predicted molar refractivity (Wildman–Crippen MR) is 70.7 cm³/mol. The fourth-order valence-corrected chi connectivity index (χ4v) is 1.72. The molecule has 1 amide bonds. The Bertz CT molecular complexity index is 418. The molecule has 1 aromatic carbocycles. The number of carbonyl (C=O) groups excluding carboxylic acids is 1. The van der Waals surface area contributed by atoms with Crippen molar-refractivity contribution in [3.05, 3.63) is 35.1 Å². The van der Waals surface area contributed by atoms with Gasteiger partial charge in [0.2, 0.25) is 5.91 Å². The van der Waals surface area contributed by atoms with Gasteiger partial charge in [0.1, 0.15) is 5.82 Å². The van der Waals surface area contributed by atoms with Crippen LogP contribution in [0.4, 0.5) is 4.39 Å². The van der Waals surface area contributed by atoms with E-state index in [1.54, 1.807) is 24.9 Å². The quantitative estimate of drug-likeness (QED) is 0.869. The molecule has 0 aliphatic heterocycles. The summed E-state index contributed by atoms with van der Waals surface area (Å²) in [6.07, 6.45) is 1.08. The average molecular weight is 252 g/mol. The molecule has 0 bridgehead atoms. The summed E-state index contributed by atoms with van der Waals surface area (Å²) in [5, 5.41) is 0. The number of hydrogen-bond donors (Lipinski definition) is 1. The summed E-state index contributed by atoms with van der Waals surface area (Å²) in [5.41, 5.74) is 7.26. The van der Waals surface area contributed by atoms with Crippen LogP contribution in [0.5, 0.6) is 0 Å². The van der Waals surface area contributed by atoms with Crippen molar-refractivity contribution in [1.29, 1.82) is 0 Å². The van der Waals surface area contributed by atoms with Gasteiger partial charge in [-0.15, -0.1) is 0 Å². The molecule has 0 aromatic heterocycles. The summed E-state index contributed by atoms with van der Waals surface area (Å²) in [6.45, 7) is 4.18. The minimum absolute atomic E-state index is 0.0452. The second-order valence-electron chi connectivity index (χ2n) is 4.83. The molecule has 100 valence electrons. The summed E-state index contributed by atoms with van der Waals surface area (Å²) in [6, 6.07) is 4.92. The fourth-order valence-electron chi connectivity index (χ4n) is 1.72. The van der Waals surface area contributed by atoms with Gasteiger partial charge in [-0.1, -0.05) is 12.1 Å². The first-order valence-corrected chi connectivity index (χ1v) is 6.14. The zero-order valence-corrected chi connectivity index (χ0v) is 11.2. The summed E-state index contributed by atoms with van der Waals surface area (Å²) in [7, 11) is 1.76. The van der Waals surface area contributed by atoms with E-state index in [2.05, 4.69) is 0 Å². The topological polar surface area (TPSA) is 46.3 Å². The van der Waals surface area contributed by atoms with E-state index in [-0.39, 0.29) is 17.8 Å². The summed E-state index contributed by atoms with van der Waals surface area (Å²) in [4.78, 5) is 13.4. The number of carbonyl (C=O) groups is 1. The Hall–Kier alpha value is -1.42. The monoisotopic (exact) mass is 252 g/mol. The van der Waals surface area contributed by atoms with Gasteiger partial charge < -0.3 is 10.6 Å². The molecule has 1 aromatic rings. The highest BCUT2D eigenvalue weighted by Crippen LogP contribution is 2.10. The van der Waals surface area contributed by atoms with Crippen LogP contribution in [-0.4, -0.2) is 30.4 Å². The maximum absolute atomic E-state index is 13.1. The molecule has 1 unspecified atom stereocenters. The van der Waals surface area contributed by atoms with E-state index in [1.165, 1.54) is 6.07 Å². The number of rotatable bonds is 5. The van der Waals surface area contributed by atoms with Gasteiger partial charge in [-0.05, 0) is 37.5 Å². The number of nitrogens with two attached hydrogens (primary N) is 1. The molecule has 3 nitrogen and oxygen atoms in total. The van der Waals surface area contributed by atoms with E-state index in [9.17, 15) is 9.18 Å². The first-order chi connectivity index (χ1) is 8.40. The Morgan fingerprint density at radius 2 is 2.17 bits per heavy atom. The standard InChI is InChI=1S/C14H21FN2O/c1-10-8-12(4-5-13(10)15)6-7-17(3)14(18)9-11(2)16/h4-5,8,11H,6-7,9,16H2,1-3H3. The Morgan fingerprint density at radius 1 is 1.50 bits per heavy atom. The molecule has 0 spiro atoms. The first-order valence-electron chi connectivity index (χ1n) is 6.14. The number of halogens is 1. The van der Waals surface area contributed by atoms with Crippen molar-refractivity contribution in [1.82, 2.24) is 4.90 Å². The Labute approximate surface area is 108 Å². The molecule has 0 saturated carbocycles. The van der Waals surface area contributed by atoms with E-state index in [1.807, 2.05) is 13.0 Å². The number of nitrogens with zero attached hydrogens (tertiary/aromatic N) is 1. The highest BCUT2D eigenvalue weighted by Gasteiger charge is 2.10. The highest BCUT2D eigenvalue weighted by molar-refractivity contribution is 5.76. The number of hydrogen-bond acceptors (Lipinski definition) is 2. The van der Waals surface area contributed by atoms with E-state index >= 15 is 0 Å². The maximum Gasteiger partial charge on any atom is 0.223 e. The normalized spacial score (nSPS) is 12.3. The molecular formula is C14H21FN2O. The summed E-state index contributed by atoms with van der Waals surface area (Å²) in [5.74, 6) is -0.149. The molecule has 0 aliphatic carbocycles. The lowest BCUT2D eigenvalue weighted by Crippen LogP contribution is -2.33. The Balaban J connectivity index is 2.49. The molecule has 0 aliphatic rings. The van der Waals surface area contributed by atoms with Crippen molar-refractivity contribution in [2.75, 3.05) is 13.6 Å². The first kappa shape index (κ1) is 14.6. The van der Waals surface area contributed by atoms with Crippen molar-refractivity contribution in [2.24, 2.45) is 5.73 Å². The zero-order valence-electron chi connectivity index (χ0n) is 11.2. The molecular weight excluding hydrogens is 231 g/mol. The van der Waals surface area contributed by atoms with Crippen LogP contribution in [0, 0.1) is 12.7 Å². The number of likely N-dealkylation sites (N-methyl/N-ethyl adjacent to an activating group) is 1. The number of amides is 1. The molecule has 0 fully saturated rings. The molecule has 1 rings (SSSR count). The molecule has 0 radical (unpaired) electrons. The van der Waals surface area contributed by atoms with Crippen molar-refractivity contribution >= 4 is 5.91 Å². The van der Waals surface area contributed by atoms with E-state index in [0.29, 0.717) is 18.5 Å². The van der Waals surface area contributed by atoms with Gasteiger partial charge in [0.05, 0.1) is 0 Å². The second kappa shape index (κ2) is 6.50. The molecule has 0 saturated heterocycles.